The van der Waals surface area contributed by atoms with Gasteiger partial charge >= 0.3 is 6.09 Å². The zero-order valence-corrected chi connectivity index (χ0v) is 23.3. The third-order valence-corrected chi connectivity index (χ3v) is 8.68. The summed E-state index contributed by atoms with van der Waals surface area (Å²) in [5.41, 5.74) is 1.77. The number of piperazine rings is 1. The quantitative estimate of drug-likeness (QED) is 0.511. The van der Waals surface area contributed by atoms with Gasteiger partial charge in [0.2, 0.25) is 5.88 Å². The molecule has 4 fully saturated rings. The van der Waals surface area contributed by atoms with E-state index in [4.69, 9.17) is 19.4 Å². The summed E-state index contributed by atoms with van der Waals surface area (Å²) < 4.78 is 27.2. The number of rotatable bonds is 4. The molecule has 8 nitrogen and oxygen atoms in total. The van der Waals surface area contributed by atoms with Crippen molar-refractivity contribution in [3.05, 3.63) is 22.8 Å². The molecule has 0 unspecified atom stereocenters. The molecule has 200 valence electrons. The number of alkyl halides is 1. The highest BCUT2D eigenvalue weighted by molar-refractivity contribution is 9.10. The van der Waals surface area contributed by atoms with Gasteiger partial charge in [-0.2, -0.15) is 0 Å². The van der Waals surface area contributed by atoms with Gasteiger partial charge in [0.15, 0.2) is 0 Å². The van der Waals surface area contributed by atoms with Crippen LogP contribution in [-0.4, -0.2) is 88.0 Å². The summed E-state index contributed by atoms with van der Waals surface area (Å²) in [4.78, 5) is 28.9. The van der Waals surface area contributed by atoms with Crippen LogP contribution in [0.4, 0.5) is 14.9 Å². The first-order valence-electron chi connectivity index (χ1n) is 13.3. The summed E-state index contributed by atoms with van der Waals surface area (Å²) in [6.07, 6.45) is 5.23. The molecule has 0 saturated carbocycles. The summed E-state index contributed by atoms with van der Waals surface area (Å²) in [5.74, 6) is 0.535. The molecule has 2 bridgehead atoms. The van der Waals surface area contributed by atoms with E-state index in [-0.39, 0.29) is 23.7 Å². The minimum absolute atomic E-state index is 0.0857. The summed E-state index contributed by atoms with van der Waals surface area (Å²) >= 11 is 3.53. The Bertz CT molecular complexity index is 1190. The highest BCUT2D eigenvalue weighted by Gasteiger charge is 2.49. The normalized spacial score (nSPS) is 29.7. The third-order valence-electron chi connectivity index (χ3n) is 8.24. The topological polar surface area (TPSA) is 71.0 Å². The Morgan fingerprint density at radius 1 is 1.22 bits per heavy atom. The lowest BCUT2D eigenvalue weighted by molar-refractivity contribution is 0.0123. The van der Waals surface area contributed by atoms with E-state index in [1.54, 1.807) is 6.20 Å². The molecule has 0 spiro atoms. The molecule has 0 N–H and O–H groups in total. The smallest absolute Gasteiger partial charge is 0.410 e. The highest BCUT2D eigenvalue weighted by Crippen LogP contribution is 2.41. The Morgan fingerprint density at radius 3 is 2.70 bits per heavy atom. The first kappa shape index (κ1) is 25.1. The number of carbonyl (C=O) groups is 1. The van der Waals surface area contributed by atoms with Crippen molar-refractivity contribution in [3.63, 3.8) is 0 Å². The molecule has 10 heteroatoms. The SMILES string of the molecule is CC(C)(C)OC(=O)N1[C@@H]2CC[C@H]1CN(c1cc(OC[C@@]34CCCN3C[C@H](F)C4)nc3cc(Br)cnc13)C2. The largest absolute Gasteiger partial charge is 0.476 e. The lowest BCUT2D eigenvalue weighted by atomic mass is 9.95. The van der Waals surface area contributed by atoms with Crippen LogP contribution in [0.3, 0.4) is 0 Å². The van der Waals surface area contributed by atoms with Gasteiger partial charge in [0.25, 0.3) is 0 Å². The van der Waals surface area contributed by atoms with Crippen LogP contribution in [0.15, 0.2) is 22.8 Å². The van der Waals surface area contributed by atoms with Crippen LogP contribution in [0.5, 0.6) is 5.88 Å². The van der Waals surface area contributed by atoms with E-state index in [1.165, 1.54) is 0 Å². The van der Waals surface area contributed by atoms with Crippen molar-refractivity contribution in [3.8, 4) is 5.88 Å². The Kier molecular flexibility index (Phi) is 6.25. The number of hydrogen-bond acceptors (Lipinski definition) is 7. The van der Waals surface area contributed by atoms with E-state index < -0.39 is 11.8 Å². The first-order chi connectivity index (χ1) is 17.6. The van der Waals surface area contributed by atoms with Crippen molar-refractivity contribution in [1.82, 2.24) is 19.8 Å². The van der Waals surface area contributed by atoms with E-state index in [1.807, 2.05) is 37.8 Å². The fraction of sp³-hybridized carbons (Fsp3) is 0.667. The van der Waals surface area contributed by atoms with Crippen LogP contribution < -0.4 is 9.64 Å². The second-order valence-electron chi connectivity index (χ2n) is 12.0. The molecule has 4 saturated heterocycles. The average Bonchev–Trinajstić information content (AvgIpc) is 3.43. The van der Waals surface area contributed by atoms with Gasteiger partial charge in [-0.25, -0.2) is 14.2 Å². The van der Waals surface area contributed by atoms with Crippen LogP contribution >= 0.6 is 15.9 Å². The lowest BCUT2D eigenvalue weighted by Crippen LogP contribution is -2.56. The summed E-state index contributed by atoms with van der Waals surface area (Å²) in [5, 5.41) is 0. The van der Waals surface area contributed by atoms with Crippen LogP contribution in [-0.2, 0) is 4.74 Å². The van der Waals surface area contributed by atoms with E-state index >= 15 is 0 Å². The molecule has 0 aliphatic carbocycles. The summed E-state index contributed by atoms with van der Waals surface area (Å²) in [6.45, 7) is 8.98. The molecular formula is C27H35BrFN5O3. The molecule has 2 aromatic rings. The Balaban J connectivity index is 1.27. The Hall–Kier alpha value is -2.20. The van der Waals surface area contributed by atoms with Crippen molar-refractivity contribution in [2.75, 3.05) is 37.7 Å². The molecule has 4 aliphatic rings. The predicted molar refractivity (Wildman–Crippen MR) is 143 cm³/mol. The molecule has 0 radical (unpaired) electrons. The summed E-state index contributed by atoms with van der Waals surface area (Å²) in [7, 11) is 0. The third kappa shape index (κ3) is 4.75. The van der Waals surface area contributed by atoms with Crippen molar-refractivity contribution in [2.24, 2.45) is 0 Å². The van der Waals surface area contributed by atoms with E-state index in [0.717, 1.165) is 53.4 Å². The van der Waals surface area contributed by atoms with Crippen LogP contribution in [0.25, 0.3) is 11.0 Å². The number of nitrogens with zero attached hydrogens (tertiary/aromatic N) is 5. The molecule has 37 heavy (non-hydrogen) atoms. The van der Waals surface area contributed by atoms with Gasteiger partial charge in [0.1, 0.15) is 23.9 Å². The number of ether oxygens (including phenoxy) is 2. The Morgan fingerprint density at radius 2 is 1.97 bits per heavy atom. The maximum atomic E-state index is 14.3. The number of aromatic nitrogens is 2. The zero-order chi connectivity index (χ0) is 25.9. The monoisotopic (exact) mass is 575 g/mol. The average molecular weight is 577 g/mol. The number of hydrogen-bond donors (Lipinski definition) is 0. The predicted octanol–water partition coefficient (Wildman–Crippen LogP) is 4.94. The van der Waals surface area contributed by atoms with Gasteiger partial charge in [-0.1, -0.05) is 0 Å². The van der Waals surface area contributed by atoms with E-state index in [2.05, 4.69) is 25.7 Å². The number of pyridine rings is 2. The first-order valence-corrected chi connectivity index (χ1v) is 14.1. The fourth-order valence-corrected chi connectivity index (χ4v) is 7.05. The molecule has 1 amide bonds. The van der Waals surface area contributed by atoms with Crippen LogP contribution in [0.2, 0.25) is 0 Å². The van der Waals surface area contributed by atoms with E-state index in [0.29, 0.717) is 38.5 Å². The van der Waals surface area contributed by atoms with Crippen molar-refractivity contribution >= 4 is 38.7 Å². The number of amides is 1. The number of anilines is 1. The standard InChI is InChI=1S/C27H35BrFN5O3/c1-26(2,3)37-25(35)34-19-5-6-20(34)15-32(14-19)22-10-23(31-21-9-17(28)12-30-24(21)22)36-16-27-7-4-8-33(27)13-18(29)11-27/h9-10,12,18-20H,4-8,11,13-16H2,1-3H3/t18-,19-,20+,27+/m1/s1. The van der Waals surface area contributed by atoms with Gasteiger partial charge < -0.3 is 14.4 Å². The van der Waals surface area contributed by atoms with Crippen LogP contribution in [0.1, 0.15) is 52.9 Å². The highest BCUT2D eigenvalue weighted by atomic mass is 79.9. The van der Waals surface area contributed by atoms with Crippen LogP contribution in [0, 0.1) is 0 Å². The molecule has 6 rings (SSSR count). The van der Waals surface area contributed by atoms with Crippen molar-refractivity contribution in [1.29, 1.82) is 0 Å². The van der Waals surface area contributed by atoms with E-state index in [9.17, 15) is 9.18 Å². The Labute approximate surface area is 225 Å². The molecule has 4 atom stereocenters. The van der Waals surface area contributed by atoms with Crippen molar-refractivity contribution < 1.29 is 18.7 Å². The van der Waals surface area contributed by atoms with Gasteiger partial charge in [-0.15, -0.1) is 0 Å². The molecule has 0 aromatic carbocycles. The fourth-order valence-electron chi connectivity index (χ4n) is 6.73. The number of halogens is 2. The van der Waals surface area contributed by atoms with Gasteiger partial charge in [0, 0.05) is 42.8 Å². The maximum absolute atomic E-state index is 14.3. The molecule has 2 aromatic heterocycles. The minimum atomic E-state index is -0.791. The van der Waals surface area contributed by atoms with Gasteiger partial charge in [-0.05, 0) is 75.0 Å². The minimum Gasteiger partial charge on any atom is -0.476 e. The second-order valence-corrected chi connectivity index (χ2v) is 13.0. The second kappa shape index (κ2) is 9.22. The number of carbonyl (C=O) groups excluding carboxylic acids is 1. The summed E-state index contributed by atoms with van der Waals surface area (Å²) in [6, 6.07) is 4.10. The molecule has 4 aliphatic heterocycles. The number of fused-ring (bicyclic) bond motifs is 4. The maximum Gasteiger partial charge on any atom is 0.410 e. The lowest BCUT2D eigenvalue weighted by Gasteiger charge is -2.42. The molecule has 6 heterocycles. The van der Waals surface area contributed by atoms with Gasteiger partial charge in [0.05, 0.1) is 28.8 Å². The molecular weight excluding hydrogens is 541 g/mol. The van der Waals surface area contributed by atoms with Gasteiger partial charge in [-0.3, -0.25) is 14.8 Å². The van der Waals surface area contributed by atoms with Crippen molar-refractivity contribution in [2.45, 2.75) is 82.3 Å². The zero-order valence-electron chi connectivity index (χ0n) is 21.8.